The Morgan fingerprint density at radius 1 is 1.40 bits per heavy atom. The lowest BCUT2D eigenvalue weighted by atomic mass is 10.0. The number of aliphatic hydroxyl groups excluding tert-OH is 1. The fourth-order valence-corrected chi connectivity index (χ4v) is 2.49. The van der Waals surface area contributed by atoms with Gasteiger partial charge in [0.15, 0.2) is 0 Å². The van der Waals surface area contributed by atoms with E-state index in [0.29, 0.717) is 6.54 Å². The number of rotatable bonds is 3. The third-order valence-corrected chi connectivity index (χ3v) is 3.72. The topological polar surface area (TPSA) is 84.5 Å². The molecule has 1 saturated heterocycles. The van der Waals surface area contributed by atoms with Gasteiger partial charge in [0, 0.05) is 25.9 Å². The maximum absolute atomic E-state index is 12.3. The summed E-state index contributed by atoms with van der Waals surface area (Å²) in [5.74, 6) is -0.204. The van der Waals surface area contributed by atoms with Crippen LogP contribution in [0.2, 0.25) is 0 Å². The number of piperidine rings is 1. The van der Waals surface area contributed by atoms with Gasteiger partial charge in [-0.1, -0.05) is 0 Å². The highest BCUT2D eigenvalue weighted by atomic mass is 16.3. The minimum atomic E-state index is -0.511. The molecule has 20 heavy (non-hydrogen) atoms. The fraction of sp³-hybridized carbons (Fsp3) is 0.615. The van der Waals surface area contributed by atoms with E-state index in [4.69, 9.17) is 0 Å². The Morgan fingerprint density at radius 3 is 2.85 bits per heavy atom. The van der Waals surface area contributed by atoms with Crippen LogP contribution in [-0.4, -0.2) is 44.2 Å². The second kappa shape index (κ2) is 6.04. The maximum Gasteiger partial charge on any atom is 0.331 e. The molecule has 1 aromatic rings. The van der Waals surface area contributed by atoms with Gasteiger partial charge in [-0.05, 0) is 19.3 Å². The average molecular weight is 281 g/mol. The summed E-state index contributed by atoms with van der Waals surface area (Å²) in [6, 6.07) is 1.09. The third-order valence-electron chi connectivity index (χ3n) is 3.72. The molecule has 1 aromatic heterocycles. The highest BCUT2D eigenvalue weighted by Gasteiger charge is 2.26. The predicted octanol–water partition coefficient (Wildman–Crippen LogP) is -1.08. The van der Waals surface area contributed by atoms with Crippen molar-refractivity contribution >= 4 is 5.91 Å². The van der Waals surface area contributed by atoms with E-state index < -0.39 is 11.2 Å². The van der Waals surface area contributed by atoms with Gasteiger partial charge in [-0.3, -0.25) is 18.7 Å². The van der Waals surface area contributed by atoms with Crippen LogP contribution in [0.5, 0.6) is 0 Å². The molecule has 0 radical (unpaired) electrons. The summed E-state index contributed by atoms with van der Waals surface area (Å²) < 4.78 is 2.18. The lowest BCUT2D eigenvalue weighted by Gasteiger charge is -2.34. The molecule has 1 aliphatic heterocycles. The Morgan fingerprint density at radius 2 is 2.15 bits per heavy atom. The molecule has 7 heteroatoms. The zero-order valence-corrected chi connectivity index (χ0v) is 11.5. The molecule has 0 aromatic carbocycles. The van der Waals surface area contributed by atoms with Crippen LogP contribution in [0.15, 0.2) is 21.9 Å². The third kappa shape index (κ3) is 2.82. The highest BCUT2D eigenvalue weighted by Crippen LogP contribution is 2.16. The quantitative estimate of drug-likeness (QED) is 0.764. The molecule has 0 spiro atoms. The van der Waals surface area contributed by atoms with Gasteiger partial charge in [0.05, 0.1) is 12.6 Å². The molecule has 1 N–H and O–H groups in total. The Balaban J connectivity index is 2.17. The number of hydrogen-bond acceptors (Lipinski definition) is 4. The summed E-state index contributed by atoms with van der Waals surface area (Å²) in [6.07, 6.45) is 4.02. The summed E-state index contributed by atoms with van der Waals surface area (Å²) in [4.78, 5) is 37.0. The minimum absolute atomic E-state index is 0.0616. The first-order valence-electron chi connectivity index (χ1n) is 6.71. The summed E-state index contributed by atoms with van der Waals surface area (Å²) >= 11 is 0. The number of carbonyl (C=O) groups excluding carboxylic acids is 1. The van der Waals surface area contributed by atoms with Crippen molar-refractivity contribution in [2.75, 3.05) is 13.2 Å². The molecule has 0 saturated carbocycles. The van der Waals surface area contributed by atoms with Crippen molar-refractivity contribution in [3.63, 3.8) is 0 Å². The van der Waals surface area contributed by atoms with Gasteiger partial charge in [0.25, 0.3) is 5.56 Å². The van der Waals surface area contributed by atoms with E-state index >= 15 is 0 Å². The van der Waals surface area contributed by atoms with E-state index in [0.717, 1.165) is 23.8 Å². The first-order chi connectivity index (χ1) is 9.54. The minimum Gasteiger partial charge on any atom is -0.394 e. The van der Waals surface area contributed by atoms with Crippen molar-refractivity contribution in [3.05, 3.63) is 33.1 Å². The molecule has 2 heterocycles. The number of aromatic nitrogens is 2. The molecule has 7 nitrogen and oxygen atoms in total. The molecule has 1 unspecified atom stereocenters. The normalized spacial score (nSPS) is 19.1. The second-order valence-corrected chi connectivity index (χ2v) is 5.04. The zero-order chi connectivity index (χ0) is 14.7. The average Bonchev–Trinajstić information content (AvgIpc) is 2.47. The van der Waals surface area contributed by atoms with Crippen LogP contribution in [0.1, 0.15) is 19.3 Å². The predicted molar refractivity (Wildman–Crippen MR) is 72.4 cm³/mol. The lowest BCUT2D eigenvalue weighted by molar-refractivity contribution is -0.136. The van der Waals surface area contributed by atoms with Gasteiger partial charge >= 0.3 is 5.69 Å². The van der Waals surface area contributed by atoms with Crippen LogP contribution in [0.3, 0.4) is 0 Å². The number of likely N-dealkylation sites (tertiary alicyclic amines) is 1. The van der Waals surface area contributed by atoms with Crippen LogP contribution in [0.25, 0.3) is 0 Å². The number of aliphatic hydroxyl groups is 1. The molecule has 1 fully saturated rings. The van der Waals surface area contributed by atoms with Gasteiger partial charge < -0.3 is 10.0 Å². The molecule has 110 valence electrons. The van der Waals surface area contributed by atoms with Crippen molar-refractivity contribution in [3.8, 4) is 0 Å². The maximum atomic E-state index is 12.3. The van der Waals surface area contributed by atoms with Crippen molar-refractivity contribution in [1.82, 2.24) is 14.0 Å². The first kappa shape index (κ1) is 14.5. The second-order valence-electron chi connectivity index (χ2n) is 5.04. The van der Waals surface area contributed by atoms with Crippen molar-refractivity contribution < 1.29 is 9.90 Å². The Bertz CT molecular complexity index is 604. The fourth-order valence-electron chi connectivity index (χ4n) is 2.49. The molecule has 1 atom stereocenters. The van der Waals surface area contributed by atoms with Gasteiger partial charge in [0.2, 0.25) is 5.91 Å². The summed E-state index contributed by atoms with van der Waals surface area (Å²) in [5, 5.41) is 9.30. The van der Waals surface area contributed by atoms with Crippen LogP contribution in [-0.2, 0) is 18.4 Å². The number of amides is 1. The molecule has 1 amide bonds. The van der Waals surface area contributed by atoms with Gasteiger partial charge in [0.1, 0.15) is 6.54 Å². The Hall–Kier alpha value is -1.89. The summed E-state index contributed by atoms with van der Waals surface area (Å²) in [6.45, 7) is 0.432. The Labute approximate surface area is 116 Å². The van der Waals surface area contributed by atoms with Crippen LogP contribution in [0.4, 0.5) is 0 Å². The monoisotopic (exact) mass is 281 g/mol. The van der Waals surface area contributed by atoms with Gasteiger partial charge in [-0.2, -0.15) is 0 Å². The molecule has 0 aliphatic carbocycles. The van der Waals surface area contributed by atoms with E-state index in [-0.39, 0.29) is 25.1 Å². The molecule has 0 bridgehead atoms. The van der Waals surface area contributed by atoms with Gasteiger partial charge in [-0.25, -0.2) is 4.79 Å². The number of nitrogens with zero attached hydrogens (tertiary/aromatic N) is 3. The summed E-state index contributed by atoms with van der Waals surface area (Å²) in [7, 11) is 1.38. The van der Waals surface area contributed by atoms with E-state index in [1.165, 1.54) is 23.9 Å². The first-order valence-corrected chi connectivity index (χ1v) is 6.71. The molecular formula is C13H19N3O4. The zero-order valence-electron chi connectivity index (χ0n) is 11.5. The van der Waals surface area contributed by atoms with Crippen molar-refractivity contribution in [1.29, 1.82) is 0 Å². The van der Waals surface area contributed by atoms with E-state index in [1.807, 2.05) is 0 Å². The van der Waals surface area contributed by atoms with Crippen LogP contribution >= 0.6 is 0 Å². The van der Waals surface area contributed by atoms with Crippen LogP contribution in [0, 0.1) is 0 Å². The molecule has 2 rings (SSSR count). The SMILES string of the molecule is Cn1c(=O)ccn(CC(=O)N2CCCCC2CO)c1=O. The number of hydrogen-bond donors (Lipinski definition) is 1. The molecular weight excluding hydrogens is 262 g/mol. The van der Waals surface area contributed by atoms with E-state index in [1.54, 1.807) is 4.90 Å². The van der Waals surface area contributed by atoms with E-state index in [9.17, 15) is 19.5 Å². The van der Waals surface area contributed by atoms with E-state index in [2.05, 4.69) is 0 Å². The lowest BCUT2D eigenvalue weighted by Crippen LogP contribution is -2.48. The number of carbonyl (C=O) groups is 1. The van der Waals surface area contributed by atoms with Gasteiger partial charge in [-0.15, -0.1) is 0 Å². The highest BCUT2D eigenvalue weighted by molar-refractivity contribution is 5.76. The largest absolute Gasteiger partial charge is 0.394 e. The smallest absolute Gasteiger partial charge is 0.331 e. The van der Waals surface area contributed by atoms with Crippen molar-refractivity contribution in [2.45, 2.75) is 31.8 Å². The standard InChI is InChI=1S/C13H19N3O4/c1-14-11(18)5-7-15(13(14)20)8-12(19)16-6-3-2-4-10(16)9-17/h5,7,10,17H,2-4,6,8-9H2,1H3. The Kier molecular flexibility index (Phi) is 4.39. The summed E-state index contributed by atoms with van der Waals surface area (Å²) in [5.41, 5.74) is -0.909. The molecule has 1 aliphatic rings. The van der Waals surface area contributed by atoms with Crippen molar-refractivity contribution in [2.24, 2.45) is 7.05 Å². The van der Waals surface area contributed by atoms with Crippen LogP contribution < -0.4 is 11.2 Å².